The molecule has 0 spiro atoms. The lowest BCUT2D eigenvalue weighted by Gasteiger charge is -2.27. The van der Waals surface area contributed by atoms with Crippen molar-refractivity contribution in [3.63, 3.8) is 0 Å². The molecule has 0 bridgehead atoms. The van der Waals surface area contributed by atoms with Crippen LogP contribution >= 0.6 is 0 Å². The minimum Gasteiger partial charge on any atom is -0.394 e. The summed E-state index contributed by atoms with van der Waals surface area (Å²) in [7, 11) is 0. The maximum absolute atomic E-state index is 13.8. The number of hydrogen-bond acceptors (Lipinski definition) is 12. The number of nitrogens with one attached hydrogen (secondary N) is 7. The van der Waals surface area contributed by atoms with Gasteiger partial charge in [0.25, 0.3) is 0 Å². The second-order valence-electron chi connectivity index (χ2n) is 14.8. The molecule has 0 radical (unpaired) electrons. The van der Waals surface area contributed by atoms with E-state index in [0.717, 1.165) is 0 Å². The number of rotatable bonds is 28. The summed E-state index contributed by atoms with van der Waals surface area (Å²) in [6.45, 7) is 8.79. The Bertz CT molecular complexity index is 1480. The van der Waals surface area contributed by atoms with Crippen molar-refractivity contribution < 1.29 is 43.5 Å². The van der Waals surface area contributed by atoms with Crippen LogP contribution in [0.3, 0.4) is 0 Å². The predicted molar refractivity (Wildman–Crippen MR) is 219 cm³/mol. The van der Waals surface area contributed by atoms with E-state index in [1.54, 1.807) is 13.8 Å². The molecular formula is C35H67N15O9. The summed E-state index contributed by atoms with van der Waals surface area (Å²) in [5.41, 5.74) is 32.5. The molecule has 0 saturated heterocycles. The van der Waals surface area contributed by atoms with Crippen molar-refractivity contribution in [1.29, 1.82) is 0 Å². The molecule has 0 aromatic rings. The average molecular weight is 842 g/mol. The van der Waals surface area contributed by atoms with Crippen LogP contribution in [0.5, 0.6) is 0 Å². The highest BCUT2D eigenvalue weighted by molar-refractivity contribution is 5.97. The summed E-state index contributed by atoms with van der Waals surface area (Å²) in [5, 5.41) is 27.3. The number of aliphatic hydroxyl groups excluding tert-OH is 1. The van der Waals surface area contributed by atoms with E-state index in [9.17, 15) is 43.5 Å². The minimum absolute atomic E-state index is 0.000575. The fraction of sp³-hybridized carbons (Fsp3) is 0.714. The second-order valence-corrected chi connectivity index (χ2v) is 14.8. The molecule has 0 heterocycles. The second kappa shape index (κ2) is 27.8. The van der Waals surface area contributed by atoms with E-state index in [1.165, 1.54) is 13.8 Å². The summed E-state index contributed by atoms with van der Waals surface area (Å²) in [6.07, 6.45) is 0.705. The van der Waals surface area contributed by atoms with Crippen LogP contribution in [0.25, 0.3) is 0 Å². The molecule has 20 N–H and O–H groups in total. The van der Waals surface area contributed by atoms with Gasteiger partial charge in [0.15, 0.2) is 11.9 Å². The van der Waals surface area contributed by atoms with Crippen LogP contribution in [0.2, 0.25) is 0 Å². The average Bonchev–Trinajstić information content (AvgIpc) is 3.13. The first-order valence-electron chi connectivity index (χ1n) is 19.3. The van der Waals surface area contributed by atoms with E-state index in [0.29, 0.717) is 0 Å². The van der Waals surface area contributed by atoms with Crippen LogP contribution in [-0.4, -0.2) is 133 Å². The Kier molecular flexibility index (Phi) is 25.1. The Balaban J connectivity index is 6.23. The first kappa shape index (κ1) is 53.2. The highest BCUT2D eigenvalue weighted by Gasteiger charge is 2.32. The largest absolute Gasteiger partial charge is 0.394 e. The lowest BCUT2D eigenvalue weighted by atomic mass is 10.0. The Hall–Kier alpha value is -5.78. The van der Waals surface area contributed by atoms with Crippen molar-refractivity contribution in [1.82, 2.24) is 37.2 Å². The summed E-state index contributed by atoms with van der Waals surface area (Å²) < 4.78 is 0. The van der Waals surface area contributed by atoms with Gasteiger partial charge in [0.1, 0.15) is 36.3 Å². The molecule has 59 heavy (non-hydrogen) atoms. The maximum Gasteiger partial charge on any atom is 0.245 e. The van der Waals surface area contributed by atoms with Crippen molar-refractivity contribution in [3.8, 4) is 0 Å². The van der Waals surface area contributed by atoms with Gasteiger partial charge in [0, 0.05) is 13.1 Å². The molecular weight excluding hydrogens is 774 g/mol. The fourth-order valence-electron chi connectivity index (χ4n) is 5.24. The van der Waals surface area contributed by atoms with Gasteiger partial charge < -0.3 is 76.7 Å². The number of primary amides is 1. The van der Waals surface area contributed by atoms with Crippen molar-refractivity contribution in [2.24, 2.45) is 56.2 Å². The molecule has 0 aliphatic heterocycles. The maximum atomic E-state index is 13.8. The van der Waals surface area contributed by atoms with Gasteiger partial charge in [-0.1, -0.05) is 27.7 Å². The number of hydrogen-bond donors (Lipinski definition) is 14. The van der Waals surface area contributed by atoms with Crippen LogP contribution in [0.15, 0.2) is 9.98 Å². The lowest BCUT2D eigenvalue weighted by Crippen LogP contribution is -2.60. The molecule has 0 aromatic heterocycles. The molecule has 336 valence electrons. The van der Waals surface area contributed by atoms with E-state index in [-0.39, 0.29) is 75.4 Å². The van der Waals surface area contributed by atoms with Gasteiger partial charge in [-0.2, -0.15) is 0 Å². The zero-order chi connectivity index (χ0) is 45.4. The topological polar surface area (TPSA) is 422 Å². The molecule has 7 atom stereocenters. The summed E-state index contributed by atoms with van der Waals surface area (Å²) >= 11 is 0. The monoisotopic (exact) mass is 842 g/mol. The first-order chi connectivity index (χ1) is 27.5. The summed E-state index contributed by atoms with van der Waals surface area (Å²) in [5.74, 6) is -6.78. The van der Waals surface area contributed by atoms with Crippen LogP contribution < -0.4 is 71.6 Å². The lowest BCUT2D eigenvalue weighted by molar-refractivity contribution is -0.136. The van der Waals surface area contributed by atoms with Gasteiger partial charge in [0.2, 0.25) is 47.3 Å². The fourth-order valence-corrected chi connectivity index (χ4v) is 5.24. The SMILES string of the molecule is CC(C)C[C@H](NC(=O)[C@H](C)N)C(=O)N[C@@H](CCCN=C(N)N)C(=O)N[C@@H](CCCN=C(N)N)C(=O)N[C@@H](C)C(=O)N[C@@H](CO)C(=O)N[C@@H](CC(C)C)C(=O)NCC(N)=O. The Morgan fingerprint density at radius 1 is 0.508 bits per heavy atom. The van der Waals surface area contributed by atoms with Gasteiger partial charge >= 0.3 is 0 Å². The standard InChI is InChI=1S/C35H67N15O9/c1-17(2)13-23(29(55)44-15-26(37)52)49-33(59)25(16-51)50-28(54)20(6)45-30(56)21(9-7-11-42-34(38)39)46-31(57)22(10-8-12-43-35(40)41)47-32(58)24(14-18(3)4)48-27(53)19(5)36/h17-25,51H,7-16,36H2,1-6H3,(H2,37,52)(H,44,55)(H,45,56)(H,46,57)(H,47,58)(H,48,53)(H,49,59)(H,50,54)(H4,38,39,42)(H4,40,41,43)/t19-,20-,21-,22-,23-,24-,25-/m0/s1. The van der Waals surface area contributed by atoms with Crippen molar-refractivity contribution in [2.45, 2.75) is 122 Å². The summed E-state index contributed by atoms with van der Waals surface area (Å²) in [4.78, 5) is 111. The van der Waals surface area contributed by atoms with Crippen LogP contribution in [0.1, 0.15) is 80.1 Å². The van der Waals surface area contributed by atoms with Gasteiger partial charge in [-0.25, -0.2) is 0 Å². The normalized spacial score (nSPS) is 14.5. The zero-order valence-corrected chi connectivity index (χ0v) is 34.8. The number of aliphatic imine (C=N–C) groups is 2. The van der Waals surface area contributed by atoms with Crippen LogP contribution in [0, 0.1) is 11.8 Å². The smallest absolute Gasteiger partial charge is 0.245 e. The van der Waals surface area contributed by atoms with Crippen molar-refractivity contribution in [2.75, 3.05) is 26.2 Å². The molecule has 0 aromatic carbocycles. The highest BCUT2D eigenvalue weighted by atomic mass is 16.3. The van der Waals surface area contributed by atoms with Gasteiger partial charge in [-0.05, 0) is 64.2 Å². The predicted octanol–water partition coefficient (Wildman–Crippen LogP) is -5.94. The molecule has 0 aliphatic carbocycles. The van der Waals surface area contributed by atoms with Gasteiger partial charge in [-0.15, -0.1) is 0 Å². The summed E-state index contributed by atoms with van der Waals surface area (Å²) in [6, 6.07) is -8.58. The quantitative estimate of drug-likeness (QED) is 0.0198. The zero-order valence-electron chi connectivity index (χ0n) is 34.8. The van der Waals surface area contributed by atoms with Crippen molar-refractivity contribution >= 4 is 59.2 Å². The van der Waals surface area contributed by atoms with Gasteiger partial charge in [0.05, 0.1) is 19.2 Å². The molecule has 0 unspecified atom stereocenters. The highest BCUT2D eigenvalue weighted by Crippen LogP contribution is 2.09. The first-order valence-corrected chi connectivity index (χ1v) is 19.3. The molecule has 8 amide bonds. The third-order valence-corrected chi connectivity index (χ3v) is 8.25. The van der Waals surface area contributed by atoms with E-state index < -0.39 is 103 Å². The van der Waals surface area contributed by atoms with Gasteiger partial charge in [-0.3, -0.25) is 48.3 Å². The van der Waals surface area contributed by atoms with Crippen LogP contribution in [-0.2, 0) is 38.4 Å². The number of guanidine groups is 2. The van der Waals surface area contributed by atoms with E-state index in [2.05, 4.69) is 47.2 Å². The molecule has 0 saturated carbocycles. The number of aliphatic hydroxyl groups is 1. The molecule has 24 heteroatoms. The van der Waals surface area contributed by atoms with E-state index in [4.69, 9.17) is 34.4 Å². The Morgan fingerprint density at radius 3 is 1.29 bits per heavy atom. The van der Waals surface area contributed by atoms with Crippen molar-refractivity contribution in [3.05, 3.63) is 0 Å². The molecule has 0 fully saturated rings. The van der Waals surface area contributed by atoms with E-state index in [1.807, 2.05) is 13.8 Å². The molecule has 0 rings (SSSR count). The van der Waals surface area contributed by atoms with E-state index >= 15 is 0 Å². The third-order valence-electron chi connectivity index (χ3n) is 8.25. The number of amides is 8. The van der Waals surface area contributed by atoms with Crippen LogP contribution in [0.4, 0.5) is 0 Å². The molecule has 24 nitrogen and oxygen atoms in total. The number of nitrogens with zero attached hydrogens (tertiary/aromatic N) is 2. The number of carbonyl (C=O) groups excluding carboxylic acids is 8. The minimum atomic E-state index is -1.56. The molecule has 0 aliphatic rings. The number of nitrogens with two attached hydrogens (primary N) is 6. The Morgan fingerprint density at radius 2 is 0.881 bits per heavy atom. The third kappa shape index (κ3) is 23.3. The Labute approximate surface area is 344 Å². The number of carbonyl (C=O) groups is 8.